The van der Waals surface area contributed by atoms with E-state index in [9.17, 15) is 32.5 Å². The van der Waals surface area contributed by atoms with Crippen LogP contribution in [-0.2, 0) is 29.2 Å². The van der Waals surface area contributed by atoms with Crippen molar-refractivity contribution in [1.29, 1.82) is 0 Å². The van der Waals surface area contributed by atoms with Crippen LogP contribution in [0.4, 0.5) is 0 Å². The van der Waals surface area contributed by atoms with E-state index in [1.807, 2.05) is 0 Å². The van der Waals surface area contributed by atoms with E-state index in [4.69, 9.17) is 0 Å². The van der Waals surface area contributed by atoms with Crippen LogP contribution in [0.1, 0.15) is 77.6 Å². The summed E-state index contributed by atoms with van der Waals surface area (Å²) in [5, 5.41) is 10.2. The fraction of sp³-hybridized carbons (Fsp3) is 0.812. The Labute approximate surface area is 205 Å². The van der Waals surface area contributed by atoms with Crippen molar-refractivity contribution in [1.82, 2.24) is 0 Å². The number of carbonyl (C=O) groups is 3. The van der Waals surface area contributed by atoms with Gasteiger partial charge in [-0.15, -0.1) is 0 Å². The van der Waals surface area contributed by atoms with Gasteiger partial charge in [0.25, 0.3) is 0 Å². The van der Waals surface area contributed by atoms with Gasteiger partial charge in [-0.1, -0.05) is 45.4 Å². The molecule has 0 saturated carbocycles. The minimum atomic E-state index is -5.02. The molecule has 0 aromatic rings. The number of hydrogen-bond acceptors (Lipinski definition) is 8. The summed E-state index contributed by atoms with van der Waals surface area (Å²) < 4.78 is 37.8. The molecule has 0 aromatic carbocycles. The van der Waals surface area contributed by atoms with E-state index in [2.05, 4.69) is 11.7 Å². The molecule has 27 heavy (non-hydrogen) atoms. The van der Waals surface area contributed by atoms with E-state index in [1.165, 1.54) is 6.42 Å². The SMILES string of the molecule is CCCCCCCCCC(=O)CC(OC(=O)CCC(=O)[O-])S(=O)(=O)[O-].[Na+].[Na+]. The number of unbranched alkanes of at least 4 members (excludes halogenated alkanes) is 6. The molecule has 0 spiro atoms. The molecule has 146 valence electrons. The second kappa shape index (κ2) is 18.5. The summed E-state index contributed by atoms with van der Waals surface area (Å²) in [4.78, 5) is 33.4. The first-order valence-electron chi connectivity index (χ1n) is 8.52. The van der Waals surface area contributed by atoms with Gasteiger partial charge in [0.15, 0.2) is 5.44 Å². The third-order valence-electron chi connectivity index (χ3n) is 3.57. The summed E-state index contributed by atoms with van der Waals surface area (Å²) in [5.74, 6) is -3.16. The average Bonchev–Trinajstić information content (AvgIpc) is 2.50. The molecule has 8 nitrogen and oxygen atoms in total. The van der Waals surface area contributed by atoms with E-state index in [0.717, 1.165) is 32.1 Å². The molecule has 1 unspecified atom stereocenters. The van der Waals surface area contributed by atoms with E-state index in [-0.39, 0.29) is 65.5 Å². The van der Waals surface area contributed by atoms with Crippen LogP contribution in [0, 0.1) is 0 Å². The number of Topliss-reactive ketones (excluding diaryl/α,β-unsaturated/α-hetero) is 1. The van der Waals surface area contributed by atoms with Crippen LogP contribution in [-0.4, -0.2) is 36.1 Å². The summed E-state index contributed by atoms with van der Waals surface area (Å²) in [6.45, 7) is 2.12. The largest absolute Gasteiger partial charge is 1.00 e. The van der Waals surface area contributed by atoms with Gasteiger partial charge >= 0.3 is 65.1 Å². The molecule has 0 N–H and O–H groups in total. The Hall–Kier alpha value is 0.520. The smallest absolute Gasteiger partial charge is 0.745 e. The molecule has 0 heterocycles. The second-order valence-corrected chi connectivity index (χ2v) is 7.41. The number of carboxylic acids is 1. The number of rotatable bonds is 15. The van der Waals surface area contributed by atoms with Crippen molar-refractivity contribution in [2.75, 3.05) is 0 Å². The van der Waals surface area contributed by atoms with Gasteiger partial charge in [0.1, 0.15) is 15.9 Å². The van der Waals surface area contributed by atoms with E-state index >= 15 is 0 Å². The molecule has 0 aliphatic rings. The molecular formula is C16H26Na2O8S. The van der Waals surface area contributed by atoms with Gasteiger partial charge in [0.2, 0.25) is 0 Å². The molecule has 1 atom stereocenters. The molecule has 11 heteroatoms. The number of carbonyl (C=O) groups excluding carboxylic acids is 3. The number of ether oxygens (including phenoxy) is 1. The van der Waals surface area contributed by atoms with Gasteiger partial charge in [-0.25, -0.2) is 8.42 Å². The topological polar surface area (TPSA) is 141 Å². The maximum absolute atomic E-state index is 11.8. The van der Waals surface area contributed by atoms with Crippen LogP contribution < -0.4 is 64.2 Å². The van der Waals surface area contributed by atoms with Gasteiger partial charge in [-0.2, -0.15) is 0 Å². The van der Waals surface area contributed by atoms with Crippen LogP contribution in [0.2, 0.25) is 0 Å². The first-order valence-corrected chi connectivity index (χ1v) is 9.99. The van der Waals surface area contributed by atoms with Crippen molar-refractivity contribution in [2.24, 2.45) is 0 Å². The van der Waals surface area contributed by atoms with Gasteiger partial charge in [0, 0.05) is 12.4 Å². The number of aliphatic carboxylic acids is 1. The zero-order valence-corrected chi connectivity index (χ0v) is 21.3. The predicted molar refractivity (Wildman–Crippen MR) is 86.1 cm³/mol. The Bertz CT molecular complexity index is 537. The third kappa shape index (κ3) is 19.6. The maximum atomic E-state index is 11.8. The Morgan fingerprint density at radius 2 is 1.41 bits per heavy atom. The summed E-state index contributed by atoms with van der Waals surface area (Å²) in [6.07, 6.45) is 5.04. The fourth-order valence-corrected chi connectivity index (χ4v) is 2.79. The summed E-state index contributed by atoms with van der Waals surface area (Å²) >= 11 is 0. The number of carboxylic acid groups (broad SMARTS) is 1. The Balaban J connectivity index is -0.00000288. The van der Waals surface area contributed by atoms with Gasteiger partial charge in [-0.05, 0) is 12.8 Å². The van der Waals surface area contributed by atoms with E-state index < -0.39 is 52.5 Å². The van der Waals surface area contributed by atoms with Crippen molar-refractivity contribution in [3.05, 3.63) is 0 Å². The number of hydrogen-bond donors (Lipinski definition) is 0. The van der Waals surface area contributed by atoms with Crippen molar-refractivity contribution in [3.63, 3.8) is 0 Å². The molecule has 0 amide bonds. The second-order valence-electron chi connectivity index (χ2n) is 5.90. The third-order valence-corrected chi connectivity index (χ3v) is 4.48. The summed E-state index contributed by atoms with van der Waals surface area (Å²) in [7, 11) is -5.02. The van der Waals surface area contributed by atoms with Crippen molar-refractivity contribution >= 4 is 27.8 Å². The molecule has 0 saturated heterocycles. The van der Waals surface area contributed by atoms with E-state index in [0.29, 0.717) is 6.42 Å². The van der Waals surface area contributed by atoms with Crippen LogP contribution in [0.3, 0.4) is 0 Å². The molecule has 0 bridgehead atoms. The molecule has 0 fully saturated rings. The quantitative estimate of drug-likeness (QED) is 0.110. The monoisotopic (exact) mass is 424 g/mol. The number of esters is 1. The van der Waals surface area contributed by atoms with E-state index in [1.54, 1.807) is 0 Å². The molecule has 0 radical (unpaired) electrons. The van der Waals surface area contributed by atoms with Crippen LogP contribution in [0.5, 0.6) is 0 Å². The average molecular weight is 424 g/mol. The van der Waals surface area contributed by atoms with Crippen LogP contribution in [0.15, 0.2) is 0 Å². The van der Waals surface area contributed by atoms with Crippen molar-refractivity contribution in [3.8, 4) is 0 Å². The summed E-state index contributed by atoms with van der Waals surface area (Å²) in [6, 6.07) is 0. The van der Waals surface area contributed by atoms with Crippen LogP contribution in [0.25, 0.3) is 0 Å². The first kappa shape index (κ1) is 32.2. The Kier molecular flexibility index (Phi) is 22.1. The Morgan fingerprint density at radius 3 is 1.89 bits per heavy atom. The summed E-state index contributed by atoms with van der Waals surface area (Å²) in [5.41, 5.74) is -2.11. The minimum absolute atomic E-state index is 0. The molecule has 0 aliphatic carbocycles. The fourth-order valence-electron chi connectivity index (χ4n) is 2.18. The predicted octanol–water partition coefficient (Wildman–Crippen LogP) is -4.96. The van der Waals surface area contributed by atoms with Crippen LogP contribution >= 0.6 is 0 Å². The molecule has 0 rings (SSSR count). The molecule has 0 aliphatic heterocycles. The standard InChI is InChI=1S/C16H28O8S.2Na/c1-2-3-4-5-6-7-8-9-13(17)12-16(25(21,22)23)24-15(20)11-10-14(18)19;;/h16H,2-12H2,1H3,(H,18,19)(H,21,22,23);;/q;2*+1/p-2. The van der Waals surface area contributed by atoms with Crippen molar-refractivity contribution in [2.45, 2.75) is 83.0 Å². The van der Waals surface area contributed by atoms with Gasteiger partial charge in [0.05, 0.1) is 12.8 Å². The maximum Gasteiger partial charge on any atom is 1.00 e. The zero-order valence-electron chi connectivity index (χ0n) is 16.5. The molecular weight excluding hydrogens is 398 g/mol. The van der Waals surface area contributed by atoms with Gasteiger partial charge in [-0.3, -0.25) is 9.59 Å². The number of ketones is 1. The van der Waals surface area contributed by atoms with Crippen molar-refractivity contribution < 1.29 is 96.3 Å². The minimum Gasteiger partial charge on any atom is -0.745 e. The normalized spacial score (nSPS) is 11.6. The first-order chi connectivity index (χ1) is 11.7. The Morgan fingerprint density at radius 1 is 0.889 bits per heavy atom. The molecule has 0 aromatic heterocycles. The zero-order chi connectivity index (χ0) is 19.3. The van der Waals surface area contributed by atoms with Gasteiger partial charge < -0.3 is 19.2 Å².